The van der Waals surface area contributed by atoms with Gasteiger partial charge in [-0.3, -0.25) is 0 Å². The predicted octanol–water partition coefficient (Wildman–Crippen LogP) is 3.39. The summed E-state index contributed by atoms with van der Waals surface area (Å²) in [6.45, 7) is 2.18. The minimum Gasteiger partial charge on any atom is -0.487 e. The average Bonchev–Trinajstić information content (AvgIpc) is 2.13. The Morgan fingerprint density at radius 3 is 2.71 bits per heavy atom. The van der Waals surface area contributed by atoms with E-state index in [0.717, 1.165) is 18.8 Å². The Hall–Kier alpha value is -1.05. The van der Waals surface area contributed by atoms with Gasteiger partial charge in [0.15, 0.2) is 11.6 Å². The van der Waals surface area contributed by atoms with Crippen molar-refractivity contribution in [3.63, 3.8) is 0 Å². The van der Waals surface area contributed by atoms with Crippen LogP contribution in [0.5, 0.6) is 5.75 Å². The van der Waals surface area contributed by atoms with Gasteiger partial charge in [-0.15, -0.1) is 0 Å². The van der Waals surface area contributed by atoms with Gasteiger partial charge < -0.3 is 4.74 Å². The molecule has 0 radical (unpaired) electrons. The summed E-state index contributed by atoms with van der Waals surface area (Å²) in [6, 6.07) is 6.60. The van der Waals surface area contributed by atoms with Crippen molar-refractivity contribution < 1.29 is 9.13 Å². The average molecular weight is 194 g/mol. The van der Waals surface area contributed by atoms with Gasteiger partial charge >= 0.3 is 0 Å². The van der Waals surface area contributed by atoms with Crippen LogP contribution in [-0.4, -0.2) is 6.10 Å². The molecule has 0 bridgehead atoms. The van der Waals surface area contributed by atoms with E-state index in [0.29, 0.717) is 5.75 Å². The first kappa shape index (κ1) is 9.50. The van der Waals surface area contributed by atoms with E-state index in [1.165, 1.54) is 12.5 Å². The third-order valence-electron chi connectivity index (χ3n) is 2.90. The molecule has 1 aliphatic rings. The molecule has 0 saturated heterocycles. The number of rotatable bonds is 3. The molecule has 0 spiro atoms. The molecule has 0 aliphatic heterocycles. The summed E-state index contributed by atoms with van der Waals surface area (Å²) in [5, 5.41) is 0. The molecule has 0 N–H and O–H groups in total. The number of ether oxygens (including phenoxy) is 1. The summed E-state index contributed by atoms with van der Waals surface area (Å²) in [5.41, 5.74) is 0. The second-order valence-corrected chi connectivity index (χ2v) is 3.92. The highest BCUT2D eigenvalue weighted by Gasteiger charge is 2.29. The largest absolute Gasteiger partial charge is 0.487 e. The number of halogens is 1. The first-order valence-electron chi connectivity index (χ1n) is 5.20. The Labute approximate surface area is 83.9 Å². The monoisotopic (exact) mass is 194 g/mol. The number of hydrogen-bond acceptors (Lipinski definition) is 1. The molecule has 0 heterocycles. The number of benzene rings is 1. The second kappa shape index (κ2) is 3.99. The Morgan fingerprint density at radius 2 is 2.07 bits per heavy atom. The predicted molar refractivity (Wildman–Crippen MR) is 53.8 cm³/mol. The maximum Gasteiger partial charge on any atom is 0.165 e. The minimum atomic E-state index is -0.257. The van der Waals surface area contributed by atoms with Gasteiger partial charge in [0.05, 0.1) is 6.10 Å². The fourth-order valence-corrected chi connectivity index (χ4v) is 1.82. The lowest BCUT2D eigenvalue weighted by molar-refractivity contribution is 0.0596. The minimum absolute atomic E-state index is 0.233. The highest BCUT2D eigenvalue weighted by molar-refractivity contribution is 5.24. The summed E-state index contributed by atoms with van der Waals surface area (Å²) in [7, 11) is 0. The van der Waals surface area contributed by atoms with E-state index in [1.54, 1.807) is 18.2 Å². The Bertz CT molecular complexity index is 305. The van der Waals surface area contributed by atoms with E-state index in [-0.39, 0.29) is 11.9 Å². The quantitative estimate of drug-likeness (QED) is 0.716. The van der Waals surface area contributed by atoms with E-state index < -0.39 is 0 Å². The summed E-state index contributed by atoms with van der Waals surface area (Å²) in [4.78, 5) is 0. The van der Waals surface area contributed by atoms with E-state index in [4.69, 9.17) is 4.74 Å². The first-order chi connectivity index (χ1) is 6.79. The molecule has 14 heavy (non-hydrogen) atoms. The SMILES string of the molecule is CCC1CC(Oc2ccccc2F)C1. The summed E-state index contributed by atoms with van der Waals surface area (Å²) in [5.74, 6) is 0.922. The van der Waals surface area contributed by atoms with E-state index in [2.05, 4.69) is 6.92 Å². The molecule has 0 atom stereocenters. The Kier molecular flexibility index (Phi) is 2.71. The highest BCUT2D eigenvalue weighted by Crippen LogP contribution is 2.33. The van der Waals surface area contributed by atoms with Crippen molar-refractivity contribution in [1.82, 2.24) is 0 Å². The molecule has 2 rings (SSSR count). The van der Waals surface area contributed by atoms with Crippen molar-refractivity contribution in [2.24, 2.45) is 5.92 Å². The summed E-state index contributed by atoms with van der Waals surface area (Å²) in [6.07, 6.45) is 3.59. The highest BCUT2D eigenvalue weighted by atomic mass is 19.1. The van der Waals surface area contributed by atoms with Gasteiger partial charge in [0.1, 0.15) is 0 Å². The van der Waals surface area contributed by atoms with Crippen molar-refractivity contribution >= 4 is 0 Å². The van der Waals surface area contributed by atoms with Crippen LogP contribution in [0.3, 0.4) is 0 Å². The van der Waals surface area contributed by atoms with Gasteiger partial charge in [-0.05, 0) is 30.9 Å². The first-order valence-corrected chi connectivity index (χ1v) is 5.20. The van der Waals surface area contributed by atoms with Gasteiger partial charge in [-0.2, -0.15) is 0 Å². The normalized spacial score (nSPS) is 25.6. The van der Waals surface area contributed by atoms with Crippen LogP contribution in [0.4, 0.5) is 4.39 Å². The summed E-state index contributed by atoms with van der Waals surface area (Å²) >= 11 is 0. The van der Waals surface area contributed by atoms with Crippen LogP contribution in [0, 0.1) is 11.7 Å². The van der Waals surface area contributed by atoms with Crippen LogP contribution in [-0.2, 0) is 0 Å². The van der Waals surface area contributed by atoms with Crippen LogP contribution < -0.4 is 4.74 Å². The molecule has 1 aromatic rings. The lowest BCUT2D eigenvalue weighted by Gasteiger charge is -2.34. The maximum atomic E-state index is 13.2. The van der Waals surface area contributed by atoms with E-state index >= 15 is 0 Å². The van der Waals surface area contributed by atoms with Gasteiger partial charge in [-0.1, -0.05) is 25.5 Å². The van der Waals surface area contributed by atoms with Crippen LogP contribution in [0.15, 0.2) is 24.3 Å². The zero-order valence-corrected chi connectivity index (χ0v) is 8.37. The van der Waals surface area contributed by atoms with Gasteiger partial charge in [0, 0.05) is 0 Å². The van der Waals surface area contributed by atoms with E-state index in [9.17, 15) is 4.39 Å². The molecule has 1 aliphatic carbocycles. The smallest absolute Gasteiger partial charge is 0.165 e. The fraction of sp³-hybridized carbons (Fsp3) is 0.500. The lowest BCUT2D eigenvalue weighted by atomic mass is 9.80. The standard InChI is InChI=1S/C12H15FO/c1-2-9-7-10(8-9)14-12-6-4-3-5-11(12)13/h3-6,9-10H,2,7-8H2,1H3. The Balaban J connectivity index is 1.90. The molecule has 1 nitrogen and oxygen atoms in total. The summed E-state index contributed by atoms with van der Waals surface area (Å²) < 4.78 is 18.7. The third-order valence-corrected chi connectivity index (χ3v) is 2.90. The van der Waals surface area contributed by atoms with Crippen molar-refractivity contribution in [3.8, 4) is 5.75 Å². The zero-order chi connectivity index (χ0) is 9.97. The van der Waals surface area contributed by atoms with Crippen LogP contribution in [0.2, 0.25) is 0 Å². The van der Waals surface area contributed by atoms with Crippen molar-refractivity contribution in [2.45, 2.75) is 32.3 Å². The molecule has 0 unspecified atom stereocenters. The van der Waals surface area contributed by atoms with Gasteiger partial charge in [-0.25, -0.2) is 4.39 Å². The molecule has 76 valence electrons. The van der Waals surface area contributed by atoms with Crippen LogP contribution in [0.1, 0.15) is 26.2 Å². The fourth-order valence-electron chi connectivity index (χ4n) is 1.82. The molecule has 1 aromatic carbocycles. The molecule has 0 aromatic heterocycles. The van der Waals surface area contributed by atoms with Crippen molar-refractivity contribution in [1.29, 1.82) is 0 Å². The van der Waals surface area contributed by atoms with E-state index in [1.807, 2.05) is 0 Å². The lowest BCUT2D eigenvalue weighted by Crippen LogP contribution is -2.33. The maximum absolute atomic E-state index is 13.2. The van der Waals surface area contributed by atoms with Gasteiger partial charge in [0.25, 0.3) is 0 Å². The van der Waals surface area contributed by atoms with Crippen LogP contribution >= 0.6 is 0 Å². The Morgan fingerprint density at radius 1 is 1.36 bits per heavy atom. The van der Waals surface area contributed by atoms with Crippen molar-refractivity contribution in [3.05, 3.63) is 30.1 Å². The van der Waals surface area contributed by atoms with Crippen molar-refractivity contribution in [2.75, 3.05) is 0 Å². The van der Waals surface area contributed by atoms with Gasteiger partial charge in [0.2, 0.25) is 0 Å². The third kappa shape index (κ3) is 1.89. The zero-order valence-electron chi connectivity index (χ0n) is 8.37. The molecule has 0 amide bonds. The molecular weight excluding hydrogens is 179 g/mol. The molecule has 1 saturated carbocycles. The second-order valence-electron chi connectivity index (χ2n) is 3.92. The topological polar surface area (TPSA) is 9.23 Å². The molecule has 2 heteroatoms. The van der Waals surface area contributed by atoms with Crippen LogP contribution in [0.25, 0.3) is 0 Å². The number of hydrogen-bond donors (Lipinski definition) is 0. The number of para-hydroxylation sites is 1. The molecule has 1 fully saturated rings. The molecular formula is C12H15FO.